The molecule has 0 radical (unpaired) electrons. The van der Waals surface area contributed by atoms with E-state index in [2.05, 4.69) is 9.97 Å². The number of pyridine rings is 2. The standard InChI is InChI=1S/C12H8ClF3N2/c1-12(15,16)7-2-3-10(17-5-7)8-6-18-11(13)4-9(8)14/h2-6H,1H3. The number of nitrogens with zero attached hydrogens (tertiary/aromatic N) is 2. The molecule has 0 aliphatic heterocycles. The van der Waals surface area contributed by atoms with Crippen molar-refractivity contribution >= 4 is 11.6 Å². The van der Waals surface area contributed by atoms with Crippen molar-refractivity contribution in [2.45, 2.75) is 12.8 Å². The Hall–Kier alpha value is -1.62. The number of aromatic nitrogens is 2. The van der Waals surface area contributed by atoms with Gasteiger partial charge in [0.2, 0.25) is 0 Å². The molecule has 18 heavy (non-hydrogen) atoms. The molecule has 0 fully saturated rings. The first-order valence-electron chi connectivity index (χ1n) is 5.03. The highest BCUT2D eigenvalue weighted by Gasteiger charge is 2.24. The van der Waals surface area contributed by atoms with Crippen LogP contribution in [0.2, 0.25) is 5.15 Å². The maximum Gasteiger partial charge on any atom is 0.272 e. The summed E-state index contributed by atoms with van der Waals surface area (Å²) in [5, 5.41) is 0.0213. The fourth-order valence-corrected chi connectivity index (χ4v) is 1.55. The molecule has 0 N–H and O–H groups in total. The van der Waals surface area contributed by atoms with Crippen LogP contribution in [0.5, 0.6) is 0 Å². The molecule has 0 atom stereocenters. The molecule has 0 spiro atoms. The van der Waals surface area contributed by atoms with Crippen molar-refractivity contribution in [1.29, 1.82) is 0 Å². The van der Waals surface area contributed by atoms with Crippen LogP contribution in [-0.4, -0.2) is 9.97 Å². The highest BCUT2D eigenvalue weighted by Crippen LogP contribution is 2.28. The summed E-state index contributed by atoms with van der Waals surface area (Å²) in [5.41, 5.74) is 0.114. The molecule has 2 rings (SSSR count). The van der Waals surface area contributed by atoms with Crippen LogP contribution in [-0.2, 0) is 5.92 Å². The summed E-state index contributed by atoms with van der Waals surface area (Å²) in [6, 6.07) is 3.57. The predicted molar refractivity (Wildman–Crippen MR) is 62.0 cm³/mol. The first-order chi connectivity index (χ1) is 8.38. The van der Waals surface area contributed by atoms with Gasteiger partial charge in [0, 0.05) is 30.9 Å². The molecule has 0 aromatic carbocycles. The smallest absolute Gasteiger partial charge is 0.256 e. The molecule has 2 aromatic heterocycles. The molecule has 0 amide bonds. The lowest BCUT2D eigenvalue weighted by Crippen LogP contribution is -2.07. The minimum atomic E-state index is -2.97. The third-order valence-electron chi connectivity index (χ3n) is 2.37. The summed E-state index contributed by atoms with van der Waals surface area (Å²) in [5.74, 6) is -3.57. The highest BCUT2D eigenvalue weighted by molar-refractivity contribution is 6.29. The quantitative estimate of drug-likeness (QED) is 0.771. The Labute approximate surface area is 106 Å². The van der Waals surface area contributed by atoms with E-state index in [1.807, 2.05) is 0 Å². The van der Waals surface area contributed by atoms with E-state index in [4.69, 9.17) is 11.6 Å². The second-order valence-corrected chi connectivity index (χ2v) is 4.19. The van der Waals surface area contributed by atoms with Crippen LogP contribution in [0, 0.1) is 5.82 Å². The van der Waals surface area contributed by atoms with Crippen molar-refractivity contribution in [2.75, 3.05) is 0 Å². The Morgan fingerprint density at radius 1 is 1.17 bits per heavy atom. The average molecular weight is 273 g/mol. The van der Waals surface area contributed by atoms with Gasteiger partial charge in [0.1, 0.15) is 11.0 Å². The Morgan fingerprint density at radius 3 is 2.39 bits per heavy atom. The second-order valence-electron chi connectivity index (χ2n) is 3.81. The van der Waals surface area contributed by atoms with E-state index in [1.165, 1.54) is 18.3 Å². The van der Waals surface area contributed by atoms with Gasteiger partial charge < -0.3 is 0 Å². The molecule has 0 unspecified atom stereocenters. The normalized spacial score (nSPS) is 11.6. The summed E-state index contributed by atoms with van der Waals surface area (Å²) in [4.78, 5) is 7.53. The minimum Gasteiger partial charge on any atom is -0.256 e. The van der Waals surface area contributed by atoms with Crippen LogP contribution in [0.3, 0.4) is 0 Å². The highest BCUT2D eigenvalue weighted by atomic mass is 35.5. The Balaban J connectivity index is 2.41. The summed E-state index contributed by atoms with van der Waals surface area (Å²) in [6.07, 6.45) is 2.23. The summed E-state index contributed by atoms with van der Waals surface area (Å²) in [7, 11) is 0. The Bertz CT molecular complexity index is 565. The molecule has 0 saturated carbocycles. The minimum absolute atomic E-state index is 0.0213. The summed E-state index contributed by atoms with van der Waals surface area (Å²) >= 11 is 5.52. The van der Waals surface area contributed by atoms with Crippen molar-refractivity contribution in [1.82, 2.24) is 9.97 Å². The van der Waals surface area contributed by atoms with Crippen molar-refractivity contribution in [2.24, 2.45) is 0 Å². The van der Waals surface area contributed by atoms with Crippen molar-refractivity contribution < 1.29 is 13.2 Å². The lowest BCUT2D eigenvalue weighted by Gasteiger charge is -2.10. The molecule has 2 nitrogen and oxygen atoms in total. The summed E-state index contributed by atoms with van der Waals surface area (Å²) in [6.45, 7) is 0.772. The van der Waals surface area contributed by atoms with E-state index in [0.717, 1.165) is 19.2 Å². The first-order valence-corrected chi connectivity index (χ1v) is 5.41. The Kier molecular flexibility index (Phi) is 3.26. The zero-order valence-electron chi connectivity index (χ0n) is 9.29. The van der Waals surface area contributed by atoms with Gasteiger partial charge in [-0.3, -0.25) is 4.98 Å². The molecule has 0 bridgehead atoms. The van der Waals surface area contributed by atoms with Crippen LogP contribution in [0.15, 0.2) is 30.6 Å². The van der Waals surface area contributed by atoms with Crippen molar-refractivity contribution in [3.63, 3.8) is 0 Å². The molecule has 0 aliphatic carbocycles. The lowest BCUT2D eigenvalue weighted by atomic mass is 10.1. The third kappa shape index (κ3) is 2.61. The van der Waals surface area contributed by atoms with E-state index >= 15 is 0 Å². The molecule has 0 saturated heterocycles. The Morgan fingerprint density at radius 2 is 1.89 bits per heavy atom. The van der Waals surface area contributed by atoms with Crippen LogP contribution in [0.1, 0.15) is 12.5 Å². The van der Waals surface area contributed by atoms with Crippen molar-refractivity contribution in [3.8, 4) is 11.3 Å². The van der Waals surface area contributed by atoms with E-state index < -0.39 is 11.7 Å². The maximum absolute atomic E-state index is 13.6. The van der Waals surface area contributed by atoms with Crippen LogP contribution in [0.25, 0.3) is 11.3 Å². The fourth-order valence-electron chi connectivity index (χ4n) is 1.41. The van der Waals surface area contributed by atoms with Crippen LogP contribution in [0.4, 0.5) is 13.2 Å². The number of alkyl halides is 2. The number of hydrogen-bond acceptors (Lipinski definition) is 2. The topological polar surface area (TPSA) is 25.8 Å². The van der Waals surface area contributed by atoms with Crippen LogP contribution >= 0.6 is 11.6 Å². The fraction of sp³-hybridized carbons (Fsp3) is 0.167. The zero-order valence-corrected chi connectivity index (χ0v) is 10.0. The molecule has 2 aromatic rings. The third-order valence-corrected chi connectivity index (χ3v) is 2.57. The SMILES string of the molecule is CC(F)(F)c1ccc(-c2cnc(Cl)cc2F)nc1. The maximum atomic E-state index is 13.6. The molecule has 2 heterocycles. The van der Waals surface area contributed by atoms with Gasteiger partial charge in [-0.15, -0.1) is 0 Å². The number of hydrogen-bond donors (Lipinski definition) is 0. The van der Waals surface area contributed by atoms with Gasteiger partial charge in [-0.2, -0.15) is 0 Å². The first kappa shape index (κ1) is 12.8. The van der Waals surface area contributed by atoms with Gasteiger partial charge in [0.15, 0.2) is 0 Å². The van der Waals surface area contributed by atoms with Gasteiger partial charge in [-0.05, 0) is 12.1 Å². The molecule has 6 heteroatoms. The van der Waals surface area contributed by atoms with Crippen LogP contribution < -0.4 is 0 Å². The van der Waals surface area contributed by atoms with Gasteiger partial charge in [0.05, 0.1) is 11.3 Å². The van der Waals surface area contributed by atoms with E-state index in [9.17, 15) is 13.2 Å². The second kappa shape index (κ2) is 4.57. The average Bonchev–Trinajstić information content (AvgIpc) is 2.28. The van der Waals surface area contributed by atoms with E-state index in [-0.39, 0.29) is 22.0 Å². The molecular formula is C12H8ClF3N2. The monoisotopic (exact) mass is 272 g/mol. The van der Waals surface area contributed by atoms with Gasteiger partial charge in [0.25, 0.3) is 5.92 Å². The number of halogens is 4. The molecule has 94 valence electrons. The van der Waals surface area contributed by atoms with E-state index in [1.54, 1.807) is 0 Å². The lowest BCUT2D eigenvalue weighted by molar-refractivity contribution is 0.0171. The van der Waals surface area contributed by atoms with E-state index in [0.29, 0.717) is 0 Å². The van der Waals surface area contributed by atoms with Crippen molar-refractivity contribution in [3.05, 3.63) is 47.1 Å². The molecular weight excluding hydrogens is 265 g/mol. The largest absolute Gasteiger partial charge is 0.272 e. The van der Waals surface area contributed by atoms with Gasteiger partial charge in [-0.25, -0.2) is 18.2 Å². The predicted octanol–water partition coefficient (Wildman–Crippen LogP) is 4.05. The number of rotatable bonds is 2. The van der Waals surface area contributed by atoms with Gasteiger partial charge in [-0.1, -0.05) is 11.6 Å². The zero-order chi connectivity index (χ0) is 13.3. The summed E-state index contributed by atoms with van der Waals surface area (Å²) < 4.78 is 39.5. The molecule has 0 aliphatic rings. The van der Waals surface area contributed by atoms with Gasteiger partial charge >= 0.3 is 0 Å².